The van der Waals surface area contributed by atoms with E-state index < -0.39 is 12.2 Å². The van der Waals surface area contributed by atoms with Crippen molar-refractivity contribution in [3.05, 3.63) is 33.8 Å². The lowest BCUT2D eigenvalue weighted by molar-refractivity contribution is 0.00953. The van der Waals surface area contributed by atoms with Gasteiger partial charge in [-0.1, -0.05) is 37.0 Å². The Labute approximate surface area is 112 Å². The predicted molar refractivity (Wildman–Crippen MR) is 71.8 cm³/mol. The summed E-state index contributed by atoms with van der Waals surface area (Å²) in [7, 11) is 0. The van der Waals surface area contributed by atoms with Crippen LogP contribution in [-0.2, 0) is 0 Å². The first-order valence-electron chi connectivity index (χ1n) is 5.76. The van der Waals surface area contributed by atoms with Crippen molar-refractivity contribution in [2.75, 3.05) is 0 Å². The van der Waals surface area contributed by atoms with Crippen LogP contribution in [0.4, 0.5) is 0 Å². The second-order valence-corrected chi connectivity index (χ2v) is 5.26. The topological polar surface area (TPSA) is 40.5 Å². The van der Waals surface area contributed by atoms with Crippen molar-refractivity contribution in [3.8, 4) is 0 Å². The first kappa shape index (κ1) is 14.8. The van der Waals surface area contributed by atoms with E-state index in [0.717, 1.165) is 5.56 Å². The van der Waals surface area contributed by atoms with E-state index in [1.165, 1.54) is 0 Å². The summed E-state index contributed by atoms with van der Waals surface area (Å²) in [5, 5.41) is 20.5. The van der Waals surface area contributed by atoms with Gasteiger partial charge in [-0.25, -0.2) is 0 Å². The highest BCUT2D eigenvalue weighted by Crippen LogP contribution is 2.28. The van der Waals surface area contributed by atoms with E-state index in [1.807, 2.05) is 26.0 Å². The third-order valence-electron chi connectivity index (χ3n) is 2.91. The zero-order valence-electron chi connectivity index (χ0n) is 10.0. The van der Waals surface area contributed by atoms with Gasteiger partial charge >= 0.3 is 0 Å². The smallest absolute Gasteiger partial charge is 0.0804 e. The standard InChI is InChI=1S/C13H18Cl2O2/c1-3-12(16)13(17)4-8(2)9-5-10(14)7-11(15)6-9/h5-8,12-13,16-17H,3-4H2,1-2H3. The molecule has 3 atom stereocenters. The van der Waals surface area contributed by atoms with E-state index in [0.29, 0.717) is 22.9 Å². The Morgan fingerprint density at radius 3 is 2.06 bits per heavy atom. The molecule has 0 aliphatic heterocycles. The lowest BCUT2D eigenvalue weighted by atomic mass is 9.92. The van der Waals surface area contributed by atoms with Crippen LogP contribution in [0.1, 0.15) is 38.2 Å². The molecule has 0 saturated heterocycles. The molecule has 0 aromatic heterocycles. The number of hydrogen-bond acceptors (Lipinski definition) is 2. The Morgan fingerprint density at radius 2 is 1.59 bits per heavy atom. The first-order valence-corrected chi connectivity index (χ1v) is 6.51. The van der Waals surface area contributed by atoms with Gasteiger partial charge in [0.15, 0.2) is 0 Å². The minimum Gasteiger partial charge on any atom is -0.390 e. The molecule has 0 amide bonds. The molecule has 0 aliphatic rings. The summed E-state index contributed by atoms with van der Waals surface area (Å²) in [6.07, 6.45) is -0.351. The summed E-state index contributed by atoms with van der Waals surface area (Å²) in [6.45, 7) is 3.82. The van der Waals surface area contributed by atoms with Crippen LogP contribution in [0.5, 0.6) is 0 Å². The second-order valence-electron chi connectivity index (χ2n) is 4.38. The zero-order valence-corrected chi connectivity index (χ0v) is 11.5. The predicted octanol–water partition coefficient (Wildman–Crippen LogP) is 3.62. The fourth-order valence-corrected chi connectivity index (χ4v) is 2.33. The van der Waals surface area contributed by atoms with Crippen LogP contribution in [-0.4, -0.2) is 22.4 Å². The van der Waals surface area contributed by atoms with E-state index >= 15 is 0 Å². The summed E-state index contributed by atoms with van der Waals surface area (Å²) in [5.74, 6) is 0.0994. The number of hydrogen-bond donors (Lipinski definition) is 2. The fraction of sp³-hybridized carbons (Fsp3) is 0.538. The van der Waals surface area contributed by atoms with Gasteiger partial charge in [0, 0.05) is 10.0 Å². The van der Waals surface area contributed by atoms with Gasteiger partial charge in [-0.05, 0) is 42.5 Å². The van der Waals surface area contributed by atoms with E-state index in [1.54, 1.807) is 6.07 Å². The lowest BCUT2D eigenvalue weighted by Crippen LogP contribution is -2.26. The van der Waals surface area contributed by atoms with E-state index in [-0.39, 0.29) is 5.92 Å². The SMILES string of the molecule is CCC(O)C(O)CC(C)c1cc(Cl)cc(Cl)c1. The first-order chi connectivity index (χ1) is 7.93. The molecule has 0 radical (unpaired) electrons. The van der Waals surface area contributed by atoms with Crippen molar-refractivity contribution < 1.29 is 10.2 Å². The van der Waals surface area contributed by atoms with Crippen molar-refractivity contribution >= 4 is 23.2 Å². The quantitative estimate of drug-likeness (QED) is 0.863. The maximum absolute atomic E-state index is 9.77. The molecule has 0 saturated carbocycles. The Balaban J connectivity index is 2.72. The number of halogens is 2. The highest BCUT2D eigenvalue weighted by Gasteiger charge is 2.18. The molecule has 4 heteroatoms. The van der Waals surface area contributed by atoms with Gasteiger partial charge in [0.1, 0.15) is 0 Å². The lowest BCUT2D eigenvalue weighted by Gasteiger charge is -2.20. The van der Waals surface area contributed by atoms with Gasteiger partial charge in [0.25, 0.3) is 0 Å². The minimum atomic E-state index is -0.715. The van der Waals surface area contributed by atoms with Crippen LogP contribution in [0.25, 0.3) is 0 Å². The average Bonchev–Trinajstić information content (AvgIpc) is 2.26. The molecular formula is C13H18Cl2O2. The average molecular weight is 277 g/mol. The van der Waals surface area contributed by atoms with Crippen LogP contribution in [0.3, 0.4) is 0 Å². The Morgan fingerprint density at radius 1 is 1.06 bits per heavy atom. The van der Waals surface area contributed by atoms with Crippen LogP contribution in [0.2, 0.25) is 10.0 Å². The molecule has 0 aliphatic carbocycles. The van der Waals surface area contributed by atoms with Gasteiger partial charge in [-0.15, -0.1) is 0 Å². The van der Waals surface area contributed by atoms with Crippen molar-refractivity contribution in [3.63, 3.8) is 0 Å². The van der Waals surface area contributed by atoms with E-state index in [9.17, 15) is 10.2 Å². The van der Waals surface area contributed by atoms with Crippen molar-refractivity contribution in [2.45, 2.75) is 44.8 Å². The fourth-order valence-electron chi connectivity index (χ4n) is 1.79. The van der Waals surface area contributed by atoms with Crippen LogP contribution in [0.15, 0.2) is 18.2 Å². The molecule has 1 aromatic carbocycles. The molecule has 96 valence electrons. The Hall–Kier alpha value is -0.280. The van der Waals surface area contributed by atoms with Crippen molar-refractivity contribution in [2.24, 2.45) is 0 Å². The molecule has 0 bridgehead atoms. The number of aliphatic hydroxyl groups is 2. The summed E-state index contributed by atoms with van der Waals surface area (Å²) in [6, 6.07) is 5.35. The van der Waals surface area contributed by atoms with Gasteiger partial charge in [-0.2, -0.15) is 0 Å². The molecule has 1 aromatic rings. The summed E-state index contributed by atoms with van der Waals surface area (Å²) >= 11 is 11.8. The Kier molecular flexibility index (Phi) is 5.74. The second kappa shape index (κ2) is 6.60. The minimum absolute atomic E-state index is 0.0994. The molecule has 0 spiro atoms. The summed E-state index contributed by atoms with van der Waals surface area (Å²) in [5.41, 5.74) is 0.977. The van der Waals surface area contributed by atoms with Gasteiger partial charge in [-0.3, -0.25) is 0 Å². The Bertz CT molecular complexity index is 348. The normalized spacial score (nSPS) is 16.6. The number of benzene rings is 1. The highest BCUT2D eigenvalue weighted by molar-refractivity contribution is 6.34. The summed E-state index contributed by atoms with van der Waals surface area (Å²) < 4.78 is 0. The number of rotatable bonds is 5. The van der Waals surface area contributed by atoms with Crippen LogP contribution >= 0.6 is 23.2 Å². The molecule has 2 N–H and O–H groups in total. The third kappa shape index (κ3) is 4.47. The van der Waals surface area contributed by atoms with Crippen LogP contribution in [0, 0.1) is 0 Å². The largest absolute Gasteiger partial charge is 0.390 e. The molecule has 17 heavy (non-hydrogen) atoms. The van der Waals surface area contributed by atoms with Crippen molar-refractivity contribution in [1.29, 1.82) is 0 Å². The van der Waals surface area contributed by atoms with Gasteiger partial charge in [0.2, 0.25) is 0 Å². The zero-order chi connectivity index (χ0) is 13.0. The number of aliphatic hydroxyl groups excluding tert-OH is 2. The van der Waals surface area contributed by atoms with E-state index in [4.69, 9.17) is 23.2 Å². The molecule has 0 heterocycles. The molecule has 2 nitrogen and oxygen atoms in total. The highest BCUT2D eigenvalue weighted by atomic mass is 35.5. The molecule has 3 unspecified atom stereocenters. The molecular weight excluding hydrogens is 259 g/mol. The summed E-state index contributed by atoms with van der Waals surface area (Å²) in [4.78, 5) is 0. The van der Waals surface area contributed by atoms with Gasteiger partial charge in [0.05, 0.1) is 12.2 Å². The van der Waals surface area contributed by atoms with Crippen LogP contribution < -0.4 is 0 Å². The maximum atomic E-state index is 9.77. The van der Waals surface area contributed by atoms with Crippen molar-refractivity contribution in [1.82, 2.24) is 0 Å². The van der Waals surface area contributed by atoms with Gasteiger partial charge < -0.3 is 10.2 Å². The molecule has 0 fully saturated rings. The maximum Gasteiger partial charge on any atom is 0.0804 e. The van der Waals surface area contributed by atoms with E-state index in [2.05, 4.69) is 0 Å². The monoisotopic (exact) mass is 276 g/mol. The molecule has 1 rings (SSSR count). The third-order valence-corrected chi connectivity index (χ3v) is 3.35.